The first kappa shape index (κ1) is 18.2. The van der Waals surface area contributed by atoms with E-state index < -0.39 is 8.60 Å². The molecule has 23 heavy (non-hydrogen) atoms. The molecule has 6 nitrogen and oxygen atoms in total. The largest absolute Gasteiger partial charge is 0.426 e. The van der Waals surface area contributed by atoms with Gasteiger partial charge >= 0.3 is 8.60 Å². The maximum Gasteiger partial charge on any atom is 0.391 e. The Morgan fingerprint density at radius 3 is 2.78 bits per heavy atom. The van der Waals surface area contributed by atoms with Crippen LogP contribution in [0.25, 0.3) is 10.9 Å². The van der Waals surface area contributed by atoms with Gasteiger partial charge in [0.15, 0.2) is 0 Å². The Morgan fingerprint density at radius 2 is 2.13 bits per heavy atom. The molecule has 2 aromatic rings. The van der Waals surface area contributed by atoms with Crippen molar-refractivity contribution in [3.63, 3.8) is 0 Å². The molecule has 1 atom stereocenters. The van der Waals surface area contributed by atoms with Gasteiger partial charge in [-0.25, -0.2) is 0 Å². The highest BCUT2D eigenvalue weighted by Gasteiger charge is 2.20. The number of H-pyrrole nitrogens is 1. The van der Waals surface area contributed by atoms with Gasteiger partial charge in [0.1, 0.15) is 5.75 Å². The fourth-order valence-corrected chi connectivity index (χ4v) is 3.50. The molecule has 0 bridgehead atoms. The number of aromatic amines is 1. The molecular weight excluding hydrogens is 315 g/mol. The van der Waals surface area contributed by atoms with E-state index in [1.165, 1.54) is 19.4 Å². The van der Waals surface area contributed by atoms with Gasteiger partial charge in [-0.2, -0.15) is 0 Å². The molecular formula is C16H25N2O4P. The van der Waals surface area contributed by atoms with E-state index in [-0.39, 0.29) is 0 Å². The Kier molecular flexibility index (Phi) is 6.81. The number of fused-ring (bicyclic) bond motifs is 1. The van der Waals surface area contributed by atoms with Crippen LogP contribution in [0.3, 0.4) is 0 Å². The molecule has 1 aliphatic heterocycles. The van der Waals surface area contributed by atoms with Crippen LogP contribution >= 0.6 is 8.60 Å². The molecule has 0 unspecified atom stereocenters. The van der Waals surface area contributed by atoms with E-state index in [1.807, 2.05) is 18.3 Å². The summed E-state index contributed by atoms with van der Waals surface area (Å²) < 4.78 is 5.16. The highest BCUT2D eigenvalue weighted by Crippen LogP contribution is 2.36. The zero-order valence-electron chi connectivity index (χ0n) is 13.6. The summed E-state index contributed by atoms with van der Waals surface area (Å²) in [6, 6.07) is 6.26. The third kappa shape index (κ3) is 4.43. The highest BCUT2D eigenvalue weighted by atomic mass is 31.2. The van der Waals surface area contributed by atoms with Gasteiger partial charge in [0, 0.05) is 36.8 Å². The van der Waals surface area contributed by atoms with E-state index >= 15 is 0 Å². The normalized spacial score (nSPS) is 18.3. The molecule has 1 fully saturated rings. The Labute approximate surface area is 137 Å². The van der Waals surface area contributed by atoms with Gasteiger partial charge in [0.25, 0.3) is 0 Å². The molecule has 1 aliphatic rings. The van der Waals surface area contributed by atoms with Crippen LogP contribution in [0.5, 0.6) is 5.75 Å². The van der Waals surface area contributed by atoms with Crippen molar-refractivity contribution in [3.8, 4) is 5.75 Å². The van der Waals surface area contributed by atoms with Crippen LogP contribution < -0.4 is 4.52 Å². The summed E-state index contributed by atoms with van der Waals surface area (Å²) in [6.07, 6.45) is 5.49. The second kappa shape index (κ2) is 8.62. The summed E-state index contributed by atoms with van der Waals surface area (Å²) in [5.41, 5.74) is 2.13. The number of hydrogen-bond acceptors (Lipinski definition) is 5. The second-order valence-electron chi connectivity index (χ2n) is 5.61. The quantitative estimate of drug-likeness (QED) is 0.628. The molecule has 128 valence electrons. The zero-order valence-corrected chi connectivity index (χ0v) is 14.5. The number of likely N-dealkylation sites (tertiary alicyclic amines) is 1. The average molecular weight is 340 g/mol. The topological polar surface area (TPSA) is 89.0 Å². The lowest BCUT2D eigenvalue weighted by Crippen LogP contribution is -2.28. The molecule has 7 heteroatoms. The maximum atomic E-state index is 9.11. The Hall–Kier alpha value is -1.17. The lowest BCUT2D eigenvalue weighted by Gasteiger charge is -2.20. The minimum Gasteiger partial charge on any atom is -0.426 e. The summed E-state index contributed by atoms with van der Waals surface area (Å²) in [5, 5.41) is 7.96. The monoisotopic (exact) mass is 340 g/mol. The highest BCUT2D eigenvalue weighted by molar-refractivity contribution is 7.39. The van der Waals surface area contributed by atoms with E-state index in [2.05, 4.69) is 16.8 Å². The van der Waals surface area contributed by atoms with Crippen LogP contribution in [0, 0.1) is 0 Å². The summed E-state index contributed by atoms with van der Waals surface area (Å²) in [7, 11) is -1.39. The minimum atomic E-state index is -2.39. The predicted molar refractivity (Wildman–Crippen MR) is 92.4 cm³/mol. The van der Waals surface area contributed by atoms with Crippen molar-refractivity contribution in [2.24, 2.45) is 0 Å². The number of benzene rings is 1. The van der Waals surface area contributed by atoms with Crippen LogP contribution in [-0.4, -0.2) is 51.0 Å². The standard InChI is InChI=1S/C15H21N2O3P.CH4O/c1-11-4-3-8-17(11)9-7-12-10-16-13-5-2-6-14(15(12)13)20-21(18)19;1-2/h2,5-6,10-11,16,18-19H,3-4,7-9H2,1H3;2H,1H3/t11-;/m1./s1. The van der Waals surface area contributed by atoms with Crippen LogP contribution in [0.4, 0.5) is 0 Å². The van der Waals surface area contributed by atoms with Crippen LogP contribution in [0.2, 0.25) is 0 Å². The molecule has 2 heterocycles. The van der Waals surface area contributed by atoms with Crippen molar-refractivity contribution in [2.45, 2.75) is 32.2 Å². The molecule has 1 saturated heterocycles. The summed E-state index contributed by atoms with van der Waals surface area (Å²) in [6.45, 7) is 4.47. The van der Waals surface area contributed by atoms with Gasteiger partial charge in [-0.15, -0.1) is 0 Å². The molecule has 3 rings (SSSR count). The molecule has 0 amide bonds. The average Bonchev–Trinajstić information content (AvgIpc) is 3.13. The number of aliphatic hydroxyl groups is 1. The van der Waals surface area contributed by atoms with Crippen molar-refractivity contribution in [2.75, 3.05) is 20.2 Å². The van der Waals surface area contributed by atoms with Crippen molar-refractivity contribution < 1.29 is 19.4 Å². The van der Waals surface area contributed by atoms with E-state index in [1.54, 1.807) is 6.07 Å². The fourth-order valence-electron chi connectivity index (χ4n) is 3.17. The van der Waals surface area contributed by atoms with Gasteiger partial charge in [0.2, 0.25) is 0 Å². The number of nitrogens with zero attached hydrogens (tertiary/aromatic N) is 1. The first-order chi connectivity index (χ1) is 11.1. The van der Waals surface area contributed by atoms with Crippen molar-refractivity contribution in [3.05, 3.63) is 30.0 Å². The number of hydrogen-bond donors (Lipinski definition) is 4. The summed E-state index contributed by atoms with van der Waals surface area (Å²) in [4.78, 5) is 24.0. The van der Waals surface area contributed by atoms with Crippen molar-refractivity contribution in [1.82, 2.24) is 9.88 Å². The van der Waals surface area contributed by atoms with Gasteiger partial charge < -0.3 is 29.3 Å². The molecule has 1 aromatic carbocycles. The van der Waals surface area contributed by atoms with E-state index in [0.717, 1.165) is 36.5 Å². The molecule has 4 N–H and O–H groups in total. The Balaban J connectivity index is 0.000000924. The Morgan fingerprint density at radius 1 is 1.35 bits per heavy atom. The zero-order chi connectivity index (χ0) is 16.8. The summed E-state index contributed by atoms with van der Waals surface area (Å²) >= 11 is 0. The van der Waals surface area contributed by atoms with E-state index in [0.29, 0.717) is 11.8 Å². The Bertz CT molecular complexity index is 617. The third-order valence-corrected chi connectivity index (χ3v) is 4.65. The SMILES string of the molecule is CO.C[C@@H]1CCCN1CCc1c[nH]c2cccc(OP(O)O)c12. The fraction of sp³-hybridized carbons (Fsp3) is 0.500. The first-order valence-corrected chi connectivity index (χ1v) is 8.95. The van der Waals surface area contributed by atoms with Crippen LogP contribution in [0.1, 0.15) is 25.3 Å². The predicted octanol–water partition coefficient (Wildman–Crippen LogP) is 2.39. The number of nitrogens with one attached hydrogen (secondary N) is 1. The van der Waals surface area contributed by atoms with E-state index in [9.17, 15) is 0 Å². The minimum absolute atomic E-state index is 0.536. The molecule has 0 spiro atoms. The number of aliphatic hydroxyl groups excluding tert-OH is 1. The smallest absolute Gasteiger partial charge is 0.391 e. The van der Waals surface area contributed by atoms with Gasteiger partial charge in [-0.05, 0) is 50.4 Å². The first-order valence-electron chi connectivity index (χ1n) is 7.79. The van der Waals surface area contributed by atoms with E-state index in [4.69, 9.17) is 19.4 Å². The number of rotatable bonds is 5. The lowest BCUT2D eigenvalue weighted by atomic mass is 10.1. The van der Waals surface area contributed by atoms with Crippen LogP contribution in [-0.2, 0) is 6.42 Å². The van der Waals surface area contributed by atoms with Gasteiger partial charge in [-0.3, -0.25) is 0 Å². The molecule has 0 saturated carbocycles. The van der Waals surface area contributed by atoms with Crippen molar-refractivity contribution >= 4 is 19.5 Å². The molecule has 0 radical (unpaired) electrons. The molecule has 1 aromatic heterocycles. The lowest BCUT2D eigenvalue weighted by molar-refractivity contribution is 0.272. The van der Waals surface area contributed by atoms with Crippen molar-refractivity contribution in [1.29, 1.82) is 0 Å². The number of aromatic nitrogens is 1. The van der Waals surface area contributed by atoms with Gasteiger partial charge in [0.05, 0.1) is 0 Å². The second-order valence-corrected chi connectivity index (χ2v) is 6.30. The van der Waals surface area contributed by atoms with Gasteiger partial charge in [-0.1, -0.05) is 6.07 Å². The van der Waals surface area contributed by atoms with Crippen LogP contribution in [0.15, 0.2) is 24.4 Å². The molecule has 0 aliphatic carbocycles. The third-order valence-electron chi connectivity index (χ3n) is 4.29. The maximum absolute atomic E-state index is 9.11. The summed E-state index contributed by atoms with van der Waals surface area (Å²) in [5.74, 6) is 0.536.